The summed E-state index contributed by atoms with van der Waals surface area (Å²) >= 11 is 1.33. The normalized spacial score (nSPS) is 11.3. The van der Waals surface area contributed by atoms with E-state index < -0.39 is 0 Å². The topological polar surface area (TPSA) is 60.7 Å². The van der Waals surface area contributed by atoms with Crippen molar-refractivity contribution >= 4 is 39.6 Å². The number of thioether (sulfide) groups is 1. The Labute approximate surface area is 161 Å². The Kier molecular flexibility index (Phi) is 5.16. The van der Waals surface area contributed by atoms with Crippen LogP contribution in [0.2, 0.25) is 0 Å². The van der Waals surface area contributed by atoms with Gasteiger partial charge in [-0.2, -0.15) is 0 Å². The van der Waals surface area contributed by atoms with Crippen LogP contribution in [0.3, 0.4) is 0 Å². The molecular weight excluding hydrogens is 356 g/mol. The molecule has 0 unspecified atom stereocenters. The molecule has 0 radical (unpaired) electrons. The van der Waals surface area contributed by atoms with Crippen LogP contribution >= 0.6 is 11.8 Å². The van der Waals surface area contributed by atoms with Crippen LogP contribution in [-0.2, 0) is 6.54 Å². The number of rotatable bonds is 7. The smallest absolute Gasteiger partial charge is 0.211 e. The van der Waals surface area contributed by atoms with Crippen molar-refractivity contribution in [1.29, 1.82) is 0 Å². The van der Waals surface area contributed by atoms with E-state index in [2.05, 4.69) is 33.8 Å². The summed E-state index contributed by atoms with van der Waals surface area (Å²) in [6.07, 6.45) is 2.19. The van der Waals surface area contributed by atoms with Crippen LogP contribution in [-0.4, -0.2) is 31.3 Å². The van der Waals surface area contributed by atoms with Crippen LogP contribution in [0.1, 0.15) is 30.1 Å². The highest BCUT2D eigenvalue weighted by Crippen LogP contribution is 2.27. The molecule has 0 fully saturated rings. The summed E-state index contributed by atoms with van der Waals surface area (Å²) in [7, 11) is 0. The fraction of sp³-hybridized carbons (Fsp3) is 0.238. The van der Waals surface area contributed by atoms with E-state index >= 15 is 0 Å². The largest absolute Gasteiger partial charge is 0.324 e. The van der Waals surface area contributed by atoms with E-state index in [1.807, 2.05) is 42.5 Å². The average Bonchev–Trinajstić information content (AvgIpc) is 3.04. The molecule has 4 rings (SSSR count). The van der Waals surface area contributed by atoms with Gasteiger partial charge in [-0.1, -0.05) is 73.6 Å². The second kappa shape index (κ2) is 7.88. The van der Waals surface area contributed by atoms with E-state index in [1.54, 1.807) is 0 Å². The van der Waals surface area contributed by atoms with Crippen molar-refractivity contribution in [1.82, 2.24) is 19.7 Å². The van der Waals surface area contributed by atoms with Crippen LogP contribution in [0.4, 0.5) is 0 Å². The number of hydrogen-bond donors (Lipinski definition) is 0. The number of carbonyl (C=O) groups is 1. The van der Waals surface area contributed by atoms with Crippen LogP contribution in [0.5, 0.6) is 0 Å². The molecule has 0 aliphatic carbocycles. The summed E-state index contributed by atoms with van der Waals surface area (Å²) < 4.78 is 2.21. The molecule has 2 heterocycles. The van der Waals surface area contributed by atoms with Crippen LogP contribution < -0.4 is 0 Å². The minimum Gasteiger partial charge on any atom is -0.324 e. The second-order valence-corrected chi connectivity index (χ2v) is 7.31. The Morgan fingerprint density at radius 2 is 1.81 bits per heavy atom. The first-order valence-corrected chi connectivity index (χ1v) is 10.1. The van der Waals surface area contributed by atoms with Gasteiger partial charge in [0.15, 0.2) is 11.4 Å². The third-order valence-corrected chi connectivity index (χ3v) is 5.36. The summed E-state index contributed by atoms with van der Waals surface area (Å²) in [6, 6.07) is 17.5. The van der Waals surface area contributed by atoms with Crippen molar-refractivity contribution in [3.05, 3.63) is 60.2 Å². The minimum atomic E-state index is 0.0656. The van der Waals surface area contributed by atoms with Gasteiger partial charge in [0.25, 0.3) is 0 Å². The Morgan fingerprint density at radius 1 is 1.04 bits per heavy atom. The lowest BCUT2D eigenvalue weighted by Gasteiger charge is -2.05. The van der Waals surface area contributed by atoms with Gasteiger partial charge in [-0.15, -0.1) is 10.2 Å². The lowest BCUT2D eigenvalue weighted by Crippen LogP contribution is -2.04. The van der Waals surface area contributed by atoms with Crippen LogP contribution in [0.25, 0.3) is 22.1 Å². The predicted molar refractivity (Wildman–Crippen MR) is 109 cm³/mol. The summed E-state index contributed by atoms with van der Waals surface area (Å²) in [5.41, 5.74) is 3.50. The number of hydrogen-bond acceptors (Lipinski definition) is 5. The number of Topliss-reactive ketones (excluding diaryl/α,β-unsaturated/α-hetero) is 1. The molecule has 0 bridgehead atoms. The first kappa shape index (κ1) is 17.7. The SMILES string of the molecule is CCCCn1c2ccccc2c2nnc(SCC(=O)c3ccccc3)nc21. The minimum absolute atomic E-state index is 0.0656. The molecule has 2 aromatic carbocycles. The Balaban J connectivity index is 1.65. The zero-order valence-electron chi connectivity index (χ0n) is 15.1. The first-order chi connectivity index (χ1) is 13.3. The summed E-state index contributed by atoms with van der Waals surface area (Å²) in [4.78, 5) is 17.1. The fourth-order valence-electron chi connectivity index (χ4n) is 3.13. The van der Waals surface area contributed by atoms with Gasteiger partial charge in [-0.25, -0.2) is 4.98 Å². The molecule has 0 atom stereocenters. The van der Waals surface area contributed by atoms with Crippen molar-refractivity contribution in [2.24, 2.45) is 0 Å². The lowest BCUT2D eigenvalue weighted by molar-refractivity contribution is 0.102. The van der Waals surface area contributed by atoms with Crippen molar-refractivity contribution in [3.63, 3.8) is 0 Å². The van der Waals surface area contributed by atoms with Gasteiger partial charge >= 0.3 is 0 Å². The molecule has 0 spiro atoms. The van der Waals surface area contributed by atoms with Crippen LogP contribution in [0, 0.1) is 0 Å². The number of ketones is 1. The summed E-state index contributed by atoms with van der Waals surface area (Å²) in [5.74, 6) is 0.364. The number of fused-ring (bicyclic) bond motifs is 3. The molecule has 6 heteroatoms. The van der Waals surface area contributed by atoms with Gasteiger partial charge < -0.3 is 4.57 Å². The molecule has 0 aliphatic heterocycles. The zero-order chi connectivity index (χ0) is 18.6. The molecule has 0 saturated heterocycles. The molecule has 2 aromatic heterocycles. The molecule has 136 valence electrons. The number of para-hydroxylation sites is 1. The Morgan fingerprint density at radius 3 is 2.63 bits per heavy atom. The molecular formula is C21H20N4OS. The molecule has 27 heavy (non-hydrogen) atoms. The number of carbonyl (C=O) groups excluding carboxylic acids is 1. The average molecular weight is 376 g/mol. The first-order valence-electron chi connectivity index (χ1n) is 9.10. The van der Waals surface area contributed by atoms with E-state index in [0.717, 1.165) is 41.5 Å². The highest BCUT2D eigenvalue weighted by Gasteiger charge is 2.15. The van der Waals surface area contributed by atoms with Gasteiger partial charge in [0, 0.05) is 17.5 Å². The zero-order valence-corrected chi connectivity index (χ0v) is 15.9. The number of nitrogens with zero attached hydrogens (tertiary/aromatic N) is 4. The fourth-order valence-corrected chi connectivity index (χ4v) is 3.81. The quantitative estimate of drug-likeness (QED) is 0.344. The van der Waals surface area contributed by atoms with Crippen molar-refractivity contribution in [3.8, 4) is 0 Å². The Bertz CT molecular complexity index is 1090. The maximum absolute atomic E-state index is 12.3. The lowest BCUT2D eigenvalue weighted by atomic mass is 10.2. The number of unbranched alkanes of at least 4 members (excludes halogenated alkanes) is 1. The molecule has 0 aliphatic rings. The Hall–Kier alpha value is -2.73. The van der Waals surface area contributed by atoms with Gasteiger partial charge in [0.05, 0.1) is 11.3 Å². The summed E-state index contributed by atoms with van der Waals surface area (Å²) in [6.45, 7) is 3.07. The van der Waals surface area contributed by atoms with E-state index in [1.165, 1.54) is 11.8 Å². The van der Waals surface area contributed by atoms with E-state index in [4.69, 9.17) is 4.98 Å². The van der Waals surface area contributed by atoms with Crippen molar-refractivity contribution in [2.45, 2.75) is 31.5 Å². The van der Waals surface area contributed by atoms with E-state index in [0.29, 0.717) is 16.5 Å². The second-order valence-electron chi connectivity index (χ2n) is 6.37. The molecule has 0 N–H and O–H groups in total. The number of aryl methyl sites for hydroxylation is 1. The molecule has 5 nitrogen and oxygen atoms in total. The molecule has 4 aromatic rings. The van der Waals surface area contributed by atoms with Crippen molar-refractivity contribution < 1.29 is 4.79 Å². The van der Waals surface area contributed by atoms with E-state index in [-0.39, 0.29) is 5.78 Å². The van der Waals surface area contributed by atoms with Crippen molar-refractivity contribution in [2.75, 3.05) is 5.75 Å². The molecule has 0 saturated carbocycles. The highest BCUT2D eigenvalue weighted by atomic mass is 32.2. The van der Waals surface area contributed by atoms with Gasteiger partial charge in [-0.3, -0.25) is 4.79 Å². The van der Waals surface area contributed by atoms with Crippen LogP contribution in [0.15, 0.2) is 59.8 Å². The third kappa shape index (κ3) is 3.57. The number of benzene rings is 2. The standard InChI is InChI=1S/C21H20N4OS/c1-2-3-13-25-17-12-8-7-11-16(17)19-20(25)22-21(24-23-19)27-14-18(26)15-9-5-4-6-10-15/h4-12H,2-3,13-14H2,1H3. The monoisotopic (exact) mass is 376 g/mol. The van der Waals surface area contributed by atoms with Gasteiger partial charge in [0.1, 0.15) is 5.52 Å². The number of aromatic nitrogens is 4. The highest BCUT2D eigenvalue weighted by molar-refractivity contribution is 7.99. The molecule has 0 amide bonds. The van der Waals surface area contributed by atoms with E-state index in [9.17, 15) is 4.79 Å². The maximum atomic E-state index is 12.3. The van der Waals surface area contributed by atoms with Gasteiger partial charge in [0.2, 0.25) is 5.16 Å². The predicted octanol–water partition coefficient (Wildman–Crippen LogP) is 4.75. The summed E-state index contributed by atoms with van der Waals surface area (Å²) in [5, 5.41) is 10.3. The maximum Gasteiger partial charge on any atom is 0.211 e. The van der Waals surface area contributed by atoms with Gasteiger partial charge in [-0.05, 0) is 12.5 Å². The third-order valence-electron chi connectivity index (χ3n) is 4.52.